The molecule has 1 aliphatic heterocycles. The van der Waals surface area contributed by atoms with Crippen molar-refractivity contribution in [1.82, 2.24) is 19.2 Å². The molecule has 1 aromatic carbocycles. The number of aromatic nitrogens is 3. The molecule has 2 aromatic rings. The molecule has 1 atom stereocenters. The van der Waals surface area contributed by atoms with Crippen molar-refractivity contribution in [2.45, 2.75) is 39.4 Å². The van der Waals surface area contributed by atoms with Crippen LogP contribution >= 0.6 is 0 Å². The highest BCUT2D eigenvalue weighted by molar-refractivity contribution is 5.83. The minimum atomic E-state index is -0.839. The van der Waals surface area contributed by atoms with E-state index in [1.807, 2.05) is 0 Å². The highest BCUT2D eigenvalue weighted by Crippen LogP contribution is 2.14. The lowest BCUT2D eigenvalue weighted by Gasteiger charge is -2.21. The summed E-state index contributed by atoms with van der Waals surface area (Å²) >= 11 is 0. The van der Waals surface area contributed by atoms with E-state index in [1.165, 1.54) is 16.3 Å². The molecule has 9 nitrogen and oxygen atoms in total. The molecule has 28 heavy (non-hydrogen) atoms. The number of carbonyl (C=O) groups excluding carboxylic acids is 2. The summed E-state index contributed by atoms with van der Waals surface area (Å²) in [5.41, 5.74) is 0.388. The maximum Gasteiger partial charge on any atom is 0.352 e. The van der Waals surface area contributed by atoms with Gasteiger partial charge in [0.2, 0.25) is 5.91 Å². The highest BCUT2D eigenvalue weighted by atomic mass is 16.5. The number of esters is 1. The highest BCUT2D eigenvalue weighted by Gasteiger charge is 2.26. The first kappa shape index (κ1) is 19.4. The summed E-state index contributed by atoms with van der Waals surface area (Å²) in [6.45, 7) is 3.58. The lowest BCUT2D eigenvalue weighted by molar-refractivity contribution is -0.147. The number of hydrogen-bond donors (Lipinski definition) is 1. The number of para-hydroxylation sites is 1. The largest absolute Gasteiger partial charge is 0.464 e. The predicted molar refractivity (Wildman–Crippen MR) is 101 cm³/mol. The van der Waals surface area contributed by atoms with Crippen LogP contribution in [-0.2, 0) is 27.4 Å². The quantitative estimate of drug-likeness (QED) is 0.564. The van der Waals surface area contributed by atoms with Crippen LogP contribution in [0.15, 0.2) is 51.6 Å². The van der Waals surface area contributed by atoms with Gasteiger partial charge in [0.05, 0.1) is 25.4 Å². The zero-order chi connectivity index (χ0) is 20.3. The van der Waals surface area contributed by atoms with Gasteiger partial charge in [0.1, 0.15) is 6.04 Å². The number of nitrogens with one attached hydrogen (secondary N) is 1. The Bertz CT molecular complexity index is 1030. The monoisotopic (exact) mass is 386 g/mol. The van der Waals surface area contributed by atoms with E-state index < -0.39 is 23.4 Å². The molecule has 0 fully saturated rings. The maximum atomic E-state index is 12.8. The summed E-state index contributed by atoms with van der Waals surface area (Å²) in [4.78, 5) is 49.0. The zero-order valence-corrected chi connectivity index (χ0v) is 15.8. The first-order valence-corrected chi connectivity index (χ1v) is 9.02. The minimum Gasteiger partial charge on any atom is -0.464 e. The van der Waals surface area contributed by atoms with Crippen LogP contribution in [0.1, 0.15) is 20.3 Å². The molecule has 3 rings (SSSR count). The number of hydrogen-bond acceptors (Lipinski definition) is 5. The number of ether oxygens (including phenoxy) is 1. The Morgan fingerprint density at radius 2 is 1.82 bits per heavy atom. The van der Waals surface area contributed by atoms with E-state index in [0.717, 1.165) is 10.1 Å². The second kappa shape index (κ2) is 8.12. The number of fused-ring (bicyclic) bond motifs is 1. The summed E-state index contributed by atoms with van der Waals surface area (Å²) in [6.07, 6.45) is 2.00. The number of benzene rings is 1. The van der Waals surface area contributed by atoms with Crippen LogP contribution in [0.5, 0.6) is 0 Å². The molecule has 1 amide bonds. The van der Waals surface area contributed by atoms with E-state index in [9.17, 15) is 19.2 Å². The minimum absolute atomic E-state index is 0.156. The maximum absolute atomic E-state index is 12.8. The topological polar surface area (TPSA) is 104 Å². The van der Waals surface area contributed by atoms with Crippen molar-refractivity contribution < 1.29 is 14.3 Å². The third-order valence-electron chi connectivity index (χ3n) is 4.45. The number of nitrogens with zero attached hydrogens (tertiary/aromatic N) is 3. The zero-order valence-electron chi connectivity index (χ0n) is 15.8. The van der Waals surface area contributed by atoms with Gasteiger partial charge in [-0.25, -0.2) is 28.3 Å². The lowest BCUT2D eigenvalue weighted by Crippen LogP contribution is -2.42. The van der Waals surface area contributed by atoms with Gasteiger partial charge in [0.15, 0.2) is 0 Å². The van der Waals surface area contributed by atoms with Gasteiger partial charge < -0.3 is 10.1 Å². The van der Waals surface area contributed by atoms with E-state index in [4.69, 9.17) is 4.74 Å². The molecule has 2 heterocycles. The molecule has 1 N–H and O–H groups in total. The van der Waals surface area contributed by atoms with Crippen LogP contribution in [0.3, 0.4) is 0 Å². The van der Waals surface area contributed by atoms with Gasteiger partial charge in [0.25, 0.3) is 0 Å². The third-order valence-corrected chi connectivity index (χ3v) is 4.45. The summed E-state index contributed by atoms with van der Waals surface area (Å²) in [6, 6.07) is 7.86. The van der Waals surface area contributed by atoms with Gasteiger partial charge in [-0.3, -0.25) is 4.79 Å². The third kappa shape index (κ3) is 3.83. The van der Waals surface area contributed by atoms with Crippen molar-refractivity contribution in [3.8, 4) is 5.69 Å². The van der Waals surface area contributed by atoms with E-state index in [2.05, 4.69) is 5.32 Å². The first-order valence-electron chi connectivity index (χ1n) is 9.02. The molecule has 0 radical (unpaired) electrons. The Balaban J connectivity index is 1.86. The average molecular weight is 386 g/mol. The van der Waals surface area contributed by atoms with Crippen molar-refractivity contribution in [1.29, 1.82) is 0 Å². The molecule has 0 spiro atoms. The molecule has 0 aliphatic carbocycles. The number of rotatable bonds is 6. The number of carbonyl (C=O) groups is 2. The van der Waals surface area contributed by atoms with Crippen LogP contribution < -0.4 is 16.7 Å². The first-order chi connectivity index (χ1) is 13.4. The fourth-order valence-corrected chi connectivity index (χ4v) is 3.21. The molecule has 1 aromatic heterocycles. The normalized spacial score (nSPS) is 14.0. The van der Waals surface area contributed by atoms with E-state index in [1.54, 1.807) is 43.3 Å². The molecule has 1 unspecified atom stereocenters. The van der Waals surface area contributed by atoms with Crippen LogP contribution in [0.2, 0.25) is 0 Å². The summed E-state index contributed by atoms with van der Waals surface area (Å²) in [7, 11) is 0. The van der Waals surface area contributed by atoms with Crippen LogP contribution in [0, 0.1) is 0 Å². The van der Waals surface area contributed by atoms with E-state index in [-0.39, 0.29) is 32.0 Å². The molecule has 148 valence electrons. The van der Waals surface area contributed by atoms with Gasteiger partial charge in [-0.1, -0.05) is 24.3 Å². The average Bonchev–Trinajstić information content (AvgIpc) is 2.92. The predicted octanol–water partition coefficient (Wildman–Crippen LogP) is 0.199. The summed E-state index contributed by atoms with van der Waals surface area (Å²) < 4.78 is 8.84. The van der Waals surface area contributed by atoms with Crippen LogP contribution in [-0.4, -0.2) is 38.5 Å². The molecule has 0 bridgehead atoms. The number of amides is 1. The van der Waals surface area contributed by atoms with Gasteiger partial charge in [0, 0.05) is 13.3 Å². The Morgan fingerprint density at radius 1 is 1.14 bits per heavy atom. The molecule has 0 saturated heterocycles. The van der Waals surface area contributed by atoms with Crippen molar-refractivity contribution in [2.75, 3.05) is 6.61 Å². The summed E-state index contributed by atoms with van der Waals surface area (Å²) in [5.74, 6) is -0.880. The van der Waals surface area contributed by atoms with Gasteiger partial charge >= 0.3 is 17.3 Å². The van der Waals surface area contributed by atoms with Crippen molar-refractivity contribution in [2.24, 2.45) is 0 Å². The fraction of sp³-hybridized carbons (Fsp3) is 0.368. The Kier molecular flexibility index (Phi) is 5.62. The summed E-state index contributed by atoms with van der Waals surface area (Å²) in [5, 5.41) is 2.58. The van der Waals surface area contributed by atoms with Crippen LogP contribution in [0.4, 0.5) is 0 Å². The van der Waals surface area contributed by atoms with Crippen molar-refractivity contribution in [3.05, 3.63) is 62.9 Å². The number of allylic oxidation sites excluding steroid dienone is 1. The van der Waals surface area contributed by atoms with Gasteiger partial charge in [-0.2, -0.15) is 0 Å². The molecular formula is C19H22N4O5. The second-order valence-electron chi connectivity index (χ2n) is 6.45. The molecular weight excluding hydrogens is 364 g/mol. The smallest absolute Gasteiger partial charge is 0.352 e. The molecule has 1 aliphatic rings. The SMILES string of the molecule is CCOC(=O)C(CC1=CCn2c(=O)n(-c3ccccc3)c(=O)n2C1)NC(C)=O. The van der Waals surface area contributed by atoms with E-state index >= 15 is 0 Å². The Morgan fingerprint density at radius 3 is 2.46 bits per heavy atom. The second-order valence-corrected chi connectivity index (χ2v) is 6.45. The fourth-order valence-electron chi connectivity index (χ4n) is 3.21. The molecule has 9 heteroatoms. The standard InChI is InChI=1S/C19H22N4O5/c1-3-28-17(25)16(20-13(2)24)11-14-9-10-21-18(26)23(19(27)22(21)12-14)15-7-5-4-6-8-15/h4-9,16H,3,10-12H2,1-2H3,(H,20,24). The Hall–Kier alpha value is -3.36. The van der Waals surface area contributed by atoms with Crippen molar-refractivity contribution in [3.63, 3.8) is 0 Å². The van der Waals surface area contributed by atoms with Crippen LogP contribution in [0.25, 0.3) is 5.69 Å². The van der Waals surface area contributed by atoms with Crippen molar-refractivity contribution >= 4 is 11.9 Å². The van der Waals surface area contributed by atoms with Gasteiger partial charge in [-0.15, -0.1) is 0 Å². The van der Waals surface area contributed by atoms with E-state index in [0.29, 0.717) is 5.69 Å². The lowest BCUT2D eigenvalue weighted by atomic mass is 10.0. The van der Waals surface area contributed by atoms with Gasteiger partial charge in [-0.05, 0) is 24.6 Å². The molecule has 0 saturated carbocycles. The Labute approximate surface area is 160 Å².